The molecule has 2 heterocycles. The minimum atomic E-state index is 0.883. The van der Waals surface area contributed by atoms with Crippen LogP contribution in [0.3, 0.4) is 0 Å². The molecule has 3 heteroatoms. The van der Waals surface area contributed by atoms with Crippen LogP contribution in [0.2, 0.25) is 0 Å². The van der Waals surface area contributed by atoms with Crippen molar-refractivity contribution in [1.29, 1.82) is 0 Å². The van der Waals surface area contributed by atoms with E-state index in [1.54, 1.807) is 0 Å². The highest BCUT2D eigenvalue weighted by Crippen LogP contribution is 2.32. The van der Waals surface area contributed by atoms with Crippen LogP contribution in [0, 0.1) is 5.92 Å². The Bertz CT molecular complexity index is 514. The molecule has 2 aromatic rings. The number of rotatable bonds is 4. The van der Waals surface area contributed by atoms with Crippen LogP contribution in [0.1, 0.15) is 19.8 Å². The molecule has 88 valence electrons. The highest BCUT2D eigenvalue weighted by Gasteiger charge is 2.24. The van der Waals surface area contributed by atoms with Gasteiger partial charge in [0.25, 0.3) is 0 Å². The third-order valence-corrected chi connectivity index (χ3v) is 3.39. The summed E-state index contributed by atoms with van der Waals surface area (Å²) in [5, 5.41) is 1.12. The molecule has 0 bridgehead atoms. The standard InChI is InChI=1S/C14H17N3/c1-2-17(10-11-5-6-11)13-9-15-8-12-4-3-7-16-14(12)13/h3-4,7-9,11H,2,5-6,10H2,1H3. The van der Waals surface area contributed by atoms with Crippen molar-refractivity contribution in [2.75, 3.05) is 18.0 Å². The Morgan fingerprint density at radius 3 is 3.00 bits per heavy atom. The monoisotopic (exact) mass is 227 g/mol. The van der Waals surface area contributed by atoms with Crippen LogP contribution in [-0.2, 0) is 0 Å². The van der Waals surface area contributed by atoms with E-state index in [2.05, 4.69) is 27.9 Å². The van der Waals surface area contributed by atoms with Gasteiger partial charge in [0, 0.05) is 30.9 Å². The van der Waals surface area contributed by atoms with Gasteiger partial charge in [-0.25, -0.2) is 0 Å². The fraction of sp³-hybridized carbons (Fsp3) is 0.429. The zero-order chi connectivity index (χ0) is 11.7. The second kappa shape index (κ2) is 4.32. The van der Waals surface area contributed by atoms with Gasteiger partial charge in [0.05, 0.1) is 17.4 Å². The van der Waals surface area contributed by atoms with Crippen molar-refractivity contribution in [3.8, 4) is 0 Å². The van der Waals surface area contributed by atoms with E-state index in [1.165, 1.54) is 18.5 Å². The summed E-state index contributed by atoms with van der Waals surface area (Å²) in [4.78, 5) is 11.2. The van der Waals surface area contributed by atoms with Crippen LogP contribution in [0.15, 0.2) is 30.7 Å². The minimum Gasteiger partial charge on any atom is -0.369 e. The SMILES string of the molecule is CCN(CC1CC1)c1cncc2cccnc12. The van der Waals surface area contributed by atoms with Crippen LogP contribution in [0.25, 0.3) is 10.9 Å². The predicted octanol–water partition coefficient (Wildman–Crippen LogP) is 2.87. The molecule has 1 saturated carbocycles. The molecule has 1 aliphatic carbocycles. The van der Waals surface area contributed by atoms with Crippen LogP contribution in [-0.4, -0.2) is 23.1 Å². The fourth-order valence-corrected chi connectivity index (χ4v) is 2.23. The third-order valence-electron chi connectivity index (χ3n) is 3.39. The van der Waals surface area contributed by atoms with E-state index >= 15 is 0 Å². The van der Waals surface area contributed by atoms with E-state index in [4.69, 9.17) is 0 Å². The first-order valence-corrected chi connectivity index (χ1v) is 6.32. The Kier molecular flexibility index (Phi) is 2.67. The van der Waals surface area contributed by atoms with Crippen molar-refractivity contribution >= 4 is 16.6 Å². The molecular weight excluding hydrogens is 210 g/mol. The molecule has 0 radical (unpaired) electrons. The zero-order valence-corrected chi connectivity index (χ0v) is 10.1. The maximum Gasteiger partial charge on any atom is 0.0966 e. The van der Waals surface area contributed by atoms with Gasteiger partial charge in [-0.05, 0) is 37.8 Å². The van der Waals surface area contributed by atoms with Gasteiger partial charge in [0.15, 0.2) is 0 Å². The summed E-state index contributed by atoms with van der Waals surface area (Å²) in [6.45, 7) is 4.37. The third kappa shape index (κ3) is 2.09. The van der Waals surface area contributed by atoms with Gasteiger partial charge < -0.3 is 4.90 Å². The Hall–Kier alpha value is -1.64. The molecule has 3 rings (SSSR count). The fourth-order valence-electron chi connectivity index (χ4n) is 2.23. The normalized spacial score (nSPS) is 15.1. The quantitative estimate of drug-likeness (QED) is 0.804. The van der Waals surface area contributed by atoms with Crippen LogP contribution >= 0.6 is 0 Å². The first-order chi connectivity index (χ1) is 8.38. The lowest BCUT2D eigenvalue weighted by Crippen LogP contribution is -2.25. The summed E-state index contributed by atoms with van der Waals surface area (Å²) in [7, 11) is 0. The Balaban J connectivity index is 2.01. The molecule has 0 N–H and O–H groups in total. The van der Waals surface area contributed by atoms with Crippen molar-refractivity contribution < 1.29 is 0 Å². The number of aromatic nitrogens is 2. The highest BCUT2D eigenvalue weighted by atomic mass is 15.1. The summed E-state index contributed by atoms with van der Waals surface area (Å²) in [5.74, 6) is 0.883. The van der Waals surface area contributed by atoms with Crippen molar-refractivity contribution in [2.45, 2.75) is 19.8 Å². The Labute approximate surface area is 101 Å². The topological polar surface area (TPSA) is 29.0 Å². The molecule has 0 aromatic carbocycles. The van der Waals surface area contributed by atoms with Crippen LogP contribution < -0.4 is 4.90 Å². The van der Waals surface area contributed by atoms with Gasteiger partial charge in [0.2, 0.25) is 0 Å². The zero-order valence-electron chi connectivity index (χ0n) is 10.1. The predicted molar refractivity (Wildman–Crippen MR) is 70.1 cm³/mol. The lowest BCUT2D eigenvalue weighted by molar-refractivity contribution is 0.742. The molecular formula is C14H17N3. The minimum absolute atomic E-state index is 0.883. The maximum absolute atomic E-state index is 4.50. The smallest absolute Gasteiger partial charge is 0.0966 e. The van der Waals surface area contributed by atoms with E-state index < -0.39 is 0 Å². The number of fused-ring (bicyclic) bond motifs is 1. The molecule has 3 nitrogen and oxygen atoms in total. The van der Waals surface area contributed by atoms with Gasteiger partial charge in [-0.15, -0.1) is 0 Å². The molecule has 1 aliphatic rings. The Morgan fingerprint density at radius 1 is 1.35 bits per heavy atom. The van der Waals surface area contributed by atoms with Crippen LogP contribution in [0.4, 0.5) is 5.69 Å². The van der Waals surface area contributed by atoms with E-state index in [0.29, 0.717) is 0 Å². The van der Waals surface area contributed by atoms with Gasteiger partial charge >= 0.3 is 0 Å². The van der Waals surface area contributed by atoms with E-state index in [-0.39, 0.29) is 0 Å². The maximum atomic E-state index is 4.50. The number of anilines is 1. The first-order valence-electron chi connectivity index (χ1n) is 6.32. The molecule has 1 fully saturated rings. The molecule has 0 saturated heterocycles. The summed E-state index contributed by atoms with van der Waals surface area (Å²) >= 11 is 0. The molecule has 0 unspecified atom stereocenters. The average Bonchev–Trinajstić information content (AvgIpc) is 3.19. The molecule has 2 aromatic heterocycles. The van der Waals surface area contributed by atoms with Crippen molar-refractivity contribution in [2.24, 2.45) is 5.92 Å². The van der Waals surface area contributed by atoms with E-state index in [9.17, 15) is 0 Å². The van der Waals surface area contributed by atoms with Gasteiger partial charge in [0.1, 0.15) is 0 Å². The van der Waals surface area contributed by atoms with Crippen molar-refractivity contribution in [3.05, 3.63) is 30.7 Å². The summed E-state index contributed by atoms with van der Waals surface area (Å²) in [6, 6.07) is 4.04. The molecule has 0 spiro atoms. The summed E-state index contributed by atoms with van der Waals surface area (Å²) < 4.78 is 0. The summed E-state index contributed by atoms with van der Waals surface area (Å²) in [5.41, 5.74) is 2.25. The van der Waals surface area contributed by atoms with Crippen molar-refractivity contribution in [1.82, 2.24) is 9.97 Å². The number of hydrogen-bond acceptors (Lipinski definition) is 3. The summed E-state index contributed by atoms with van der Waals surface area (Å²) in [6.07, 6.45) is 8.44. The average molecular weight is 227 g/mol. The second-order valence-corrected chi connectivity index (χ2v) is 4.72. The Morgan fingerprint density at radius 2 is 2.24 bits per heavy atom. The highest BCUT2D eigenvalue weighted by molar-refractivity contribution is 5.89. The number of pyridine rings is 2. The first kappa shape index (κ1) is 10.5. The van der Waals surface area contributed by atoms with Gasteiger partial charge in [-0.1, -0.05) is 0 Å². The molecule has 0 aliphatic heterocycles. The number of nitrogens with zero attached hydrogens (tertiary/aromatic N) is 3. The van der Waals surface area contributed by atoms with E-state index in [1.807, 2.05) is 24.7 Å². The van der Waals surface area contributed by atoms with Gasteiger partial charge in [-0.3, -0.25) is 9.97 Å². The molecule has 17 heavy (non-hydrogen) atoms. The second-order valence-electron chi connectivity index (χ2n) is 4.72. The van der Waals surface area contributed by atoms with Crippen molar-refractivity contribution in [3.63, 3.8) is 0 Å². The van der Waals surface area contributed by atoms with Crippen LogP contribution in [0.5, 0.6) is 0 Å². The lowest BCUT2D eigenvalue weighted by atomic mass is 10.2. The van der Waals surface area contributed by atoms with Gasteiger partial charge in [-0.2, -0.15) is 0 Å². The number of hydrogen-bond donors (Lipinski definition) is 0. The van der Waals surface area contributed by atoms with E-state index in [0.717, 1.165) is 29.9 Å². The molecule has 0 atom stereocenters. The lowest BCUT2D eigenvalue weighted by Gasteiger charge is -2.23. The molecule has 0 amide bonds. The largest absolute Gasteiger partial charge is 0.369 e.